The number of non-ortho nitro benzene ring substituents is 1. The zero-order chi connectivity index (χ0) is 16.7. The van der Waals surface area contributed by atoms with Gasteiger partial charge in [0.15, 0.2) is 6.61 Å². The Balaban J connectivity index is 1.79. The molecule has 23 heavy (non-hydrogen) atoms. The first-order chi connectivity index (χ1) is 11.0. The number of nitro benzene ring substituents is 1. The predicted octanol–water partition coefficient (Wildman–Crippen LogP) is 2.78. The van der Waals surface area contributed by atoms with Gasteiger partial charge >= 0.3 is 0 Å². The molecule has 1 N–H and O–H groups in total. The number of nitrogens with zero attached hydrogens (tertiary/aromatic N) is 2. The van der Waals surface area contributed by atoms with Crippen molar-refractivity contribution in [3.63, 3.8) is 0 Å². The summed E-state index contributed by atoms with van der Waals surface area (Å²) in [6.45, 7) is -0.259. The largest absolute Gasteiger partial charge is 0.484 e. The smallest absolute Gasteiger partial charge is 0.277 e. The van der Waals surface area contributed by atoms with Gasteiger partial charge in [0.25, 0.3) is 11.6 Å². The second kappa shape index (κ2) is 7.90. The van der Waals surface area contributed by atoms with Crippen LogP contribution in [0.25, 0.3) is 0 Å². The summed E-state index contributed by atoms with van der Waals surface area (Å²) in [5.74, 6) is -0.105. The number of rotatable bonds is 6. The number of benzene rings is 2. The molecule has 0 aliphatic rings. The van der Waals surface area contributed by atoms with Crippen molar-refractivity contribution in [2.24, 2.45) is 5.10 Å². The lowest BCUT2D eigenvalue weighted by Gasteiger charge is -2.04. The molecule has 118 valence electrons. The van der Waals surface area contributed by atoms with E-state index >= 15 is 0 Å². The van der Waals surface area contributed by atoms with E-state index in [0.29, 0.717) is 10.8 Å². The Labute approximate surface area is 136 Å². The van der Waals surface area contributed by atoms with Crippen molar-refractivity contribution in [1.82, 2.24) is 5.43 Å². The van der Waals surface area contributed by atoms with Gasteiger partial charge in [-0.2, -0.15) is 5.10 Å². The Morgan fingerprint density at radius 1 is 1.30 bits per heavy atom. The van der Waals surface area contributed by atoms with Gasteiger partial charge in [0.1, 0.15) is 5.75 Å². The maximum Gasteiger partial charge on any atom is 0.277 e. The predicted molar refractivity (Wildman–Crippen MR) is 85.8 cm³/mol. The Bertz CT molecular complexity index is 732. The third kappa shape index (κ3) is 5.40. The van der Waals surface area contributed by atoms with Crippen molar-refractivity contribution in [2.45, 2.75) is 0 Å². The number of carbonyl (C=O) groups is 1. The molecule has 8 heteroatoms. The van der Waals surface area contributed by atoms with Crippen molar-refractivity contribution in [3.8, 4) is 5.75 Å². The molecule has 0 saturated heterocycles. The summed E-state index contributed by atoms with van der Waals surface area (Å²) in [5, 5.41) is 14.9. The van der Waals surface area contributed by atoms with E-state index in [2.05, 4.69) is 10.5 Å². The van der Waals surface area contributed by atoms with Gasteiger partial charge in [0, 0.05) is 17.2 Å². The second-order valence-corrected chi connectivity index (χ2v) is 4.82. The average molecular weight is 334 g/mol. The van der Waals surface area contributed by atoms with Gasteiger partial charge in [-0.1, -0.05) is 23.7 Å². The SMILES string of the molecule is O=C(COc1ccc([N+](=O)[O-])cc1)NN=Cc1cccc(Cl)c1. The Hall–Kier alpha value is -2.93. The molecular weight excluding hydrogens is 322 g/mol. The quantitative estimate of drug-likeness (QED) is 0.499. The summed E-state index contributed by atoms with van der Waals surface area (Å²) < 4.78 is 5.19. The monoisotopic (exact) mass is 333 g/mol. The highest BCUT2D eigenvalue weighted by molar-refractivity contribution is 6.30. The van der Waals surface area contributed by atoms with Gasteiger partial charge in [-0.15, -0.1) is 0 Å². The van der Waals surface area contributed by atoms with E-state index in [1.807, 2.05) is 0 Å². The van der Waals surface area contributed by atoms with Gasteiger partial charge in [0.2, 0.25) is 0 Å². The van der Waals surface area contributed by atoms with E-state index in [4.69, 9.17) is 16.3 Å². The van der Waals surface area contributed by atoms with Gasteiger partial charge < -0.3 is 4.74 Å². The molecular formula is C15H12ClN3O4. The maximum atomic E-state index is 11.6. The first-order valence-corrected chi connectivity index (χ1v) is 6.87. The van der Waals surface area contributed by atoms with Crippen LogP contribution in [0.1, 0.15) is 5.56 Å². The lowest BCUT2D eigenvalue weighted by atomic mass is 10.2. The van der Waals surface area contributed by atoms with Crippen LogP contribution in [0, 0.1) is 10.1 Å². The fourth-order valence-electron chi connectivity index (χ4n) is 1.61. The molecule has 0 aliphatic carbocycles. The minimum absolute atomic E-state index is 0.0482. The van der Waals surface area contributed by atoms with Crippen LogP contribution < -0.4 is 10.2 Å². The highest BCUT2D eigenvalue weighted by Crippen LogP contribution is 2.17. The van der Waals surface area contributed by atoms with E-state index in [-0.39, 0.29) is 12.3 Å². The van der Waals surface area contributed by atoms with Crippen LogP contribution in [0.3, 0.4) is 0 Å². The van der Waals surface area contributed by atoms with E-state index in [1.165, 1.54) is 30.5 Å². The molecule has 0 heterocycles. The number of nitro groups is 1. The van der Waals surface area contributed by atoms with Crippen molar-refractivity contribution in [3.05, 3.63) is 69.2 Å². The van der Waals surface area contributed by atoms with Crippen molar-refractivity contribution >= 4 is 29.4 Å². The molecule has 0 atom stereocenters. The molecule has 0 bridgehead atoms. The van der Waals surface area contributed by atoms with Crippen molar-refractivity contribution in [1.29, 1.82) is 0 Å². The molecule has 7 nitrogen and oxygen atoms in total. The topological polar surface area (TPSA) is 93.8 Å². The van der Waals surface area contributed by atoms with Crippen LogP contribution in [0.4, 0.5) is 5.69 Å². The Morgan fingerprint density at radius 2 is 2.04 bits per heavy atom. The van der Waals surface area contributed by atoms with E-state index in [9.17, 15) is 14.9 Å². The third-order valence-electron chi connectivity index (χ3n) is 2.67. The molecule has 2 aromatic rings. The molecule has 0 aromatic heterocycles. The molecule has 0 saturated carbocycles. The summed E-state index contributed by atoms with van der Waals surface area (Å²) in [4.78, 5) is 21.6. The Morgan fingerprint density at radius 3 is 2.70 bits per heavy atom. The van der Waals surface area contributed by atoms with Crippen LogP contribution in [0.2, 0.25) is 5.02 Å². The van der Waals surface area contributed by atoms with Gasteiger partial charge in [-0.05, 0) is 29.8 Å². The number of hydrogen-bond donors (Lipinski definition) is 1. The first-order valence-electron chi connectivity index (χ1n) is 6.49. The number of halogens is 1. The van der Waals surface area contributed by atoms with Crippen LogP contribution in [-0.2, 0) is 4.79 Å². The zero-order valence-electron chi connectivity index (χ0n) is 11.8. The number of amides is 1. The summed E-state index contributed by atoms with van der Waals surface area (Å²) in [5.41, 5.74) is 3.00. The standard InChI is InChI=1S/C15H12ClN3O4/c16-12-3-1-2-11(8-12)9-17-18-15(20)10-23-14-6-4-13(5-7-14)19(21)22/h1-9H,10H2,(H,18,20). The average Bonchev–Trinajstić information content (AvgIpc) is 2.53. The molecule has 2 rings (SSSR count). The molecule has 2 aromatic carbocycles. The first kappa shape index (κ1) is 16.4. The minimum atomic E-state index is -0.513. The number of hydrazone groups is 1. The van der Waals surface area contributed by atoms with Crippen molar-refractivity contribution < 1.29 is 14.5 Å². The summed E-state index contributed by atoms with van der Waals surface area (Å²) in [7, 11) is 0. The number of carbonyl (C=O) groups excluding carboxylic acids is 1. The highest BCUT2D eigenvalue weighted by Gasteiger charge is 2.06. The normalized spacial score (nSPS) is 10.5. The lowest BCUT2D eigenvalue weighted by Crippen LogP contribution is -2.24. The molecule has 0 fully saturated rings. The highest BCUT2D eigenvalue weighted by atomic mass is 35.5. The van der Waals surface area contributed by atoms with E-state index in [1.54, 1.807) is 24.3 Å². The van der Waals surface area contributed by atoms with Crippen LogP contribution in [0.15, 0.2) is 53.6 Å². The number of hydrogen-bond acceptors (Lipinski definition) is 5. The zero-order valence-corrected chi connectivity index (χ0v) is 12.6. The second-order valence-electron chi connectivity index (χ2n) is 4.39. The summed E-state index contributed by atoms with van der Waals surface area (Å²) in [6, 6.07) is 12.4. The third-order valence-corrected chi connectivity index (χ3v) is 2.90. The minimum Gasteiger partial charge on any atom is -0.484 e. The number of nitrogens with one attached hydrogen (secondary N) is 1. The lowest BCUT2D eigenvalue weighted by molar-refractivity contribution is -0.384. The molecule has 0 aliphatic heterocycles. The molecule has 1 amide bonds. The van der Waals surface area contributed by atoms with E-state index in [0.717, 1.165) is 5.56 Å². The fraction of sp³-hybridized carbons (Fsp3) is 0.0667. The Kier molecular flexibility index (Phi) is 5.65. The number of ether oxygens (including phenoxy) is 1. The molecule has 0 spiro atoms. The van der Waals surface area contributed by atoms with Crippen LogP contribution in [0.5, 0.6) is 5.75 Å². The van der Waals surface area contributed by atoms with Gasteiger partial charge in [0.05, 0.1) is 11.1 Å². The van der Waals surface area contributed by atoms with Crippen LogP contribution in [-0.4, -0.2) is 23.7 Å². The van der Waals surface area contributed by atoms with Gasteiger partial charge in [-0.25, -0.2) is 5.43 Å². The fourth-order valence-corrected chi connectivity index (χ4v) is 1.81. The molecule has 0 radical (unpaired) electrons. The maximum absolute atomic E-state index is 11.6. The summed E-state index contributed by atoms with van der Waals surface area (Å²) in [6.07, 6.45) is 1.45. The van der Waals surface area contributed by atoms with Crippen LogP contribution >= 0.6 is 11.6 Å². The van der Waals surface area contributed by atoms with Gasteiger partial charge in [-0.3, -0.25) is 14.9 Å². The van der Waals surface area contributed by atoms with E-state index < -0.39 is 10.8 Å². The molecule has 0 unspecified atom stereocenters. The van der Waals surface area contributed by atoms with Crippen molar-refractivity contribution in [2.75, 3.05) is 6.61 Å². The summed E-state index contributed by atoms with van der Waals surface area (Å²) >= 11 is 5.82.